The van der Waals surface area contributed by atoms with E-state index in [-0.39, 0.29) is 11.8 Å². The van der Waals surface area contributed by atoms with Gasteiger partial charge in [-0.15, -0.1) is 0 Å². The van der Waals surface area contributed by atoms with E-state index in [1.165, 1.54) is 12.1 Å². The Balaban J connectivity index is 2.73. The first kappa shape index (κ1) is 11.9. The van der Waals surface area contributed by atoms with Crippen LogP contribution in [-0.4, -0.2) is 14.7 Å². The van der Waals surface area contributed by atoms with Crippen molar-refractivity contribution >= 4 is 22.7 Å². The topological polar surface area (TPSA) is 66.4 Å². The lowest BCUT2D eigenvalue weighted by Gasteiger charge is -2.07. The number of amides is 1. The fourth-order valence-corrected chi connectivity index (χ4v) is 1.31. The molecule has 0 saturated carbocycles. The van der Waals surface area contributed by atoms with E-state index >= 15 is 0 Å². The lowest BCUT2D eigenvalue weighted by Crippen LogP contribution is -2.17. The van der Waals surface area contributed by atoms with Crippen LogP contribution in [0.1, 0.15) is 13.8 Å². The molecule has 0 fully saturated rings. The fourth-order valence-electron chi connectivity index (χ4n) is 0.941. The molecule has 1 aromatic carbocycles. The van der Waals surface area contributed by atoms with Gasteiger partial charge in [0.1, 0.15) is 0 Å². The molecule has 1 amide bonds. The minimum atomic E-state index is -1.97. The number of carbonyl (C=O) groups excluding carboxylic acids is 1. The van der Waals surface area contributed by atoms with E-state index in [9.17, 15) is 9.00 Å². The summed E-state index contributed by atoms with van der Waals surface area (Å²) in [6.07, 6.45) is 0. The zero-order chi connectivity index (χ0) is 11.4. The summed E-state index contributed by atoms with van der Waals surface area (Å²) in [6, 6.07) is 6.21. The van der Waals surface area contributed by atoms with Crippen LogP contribution in [0.3, 0.4) is 0 Å². The molecule has 0 aliphatic carbocycles. The van der Waals surface area contributed by atoms with Crippen molar-refractivity contribution in [1.29, 1.82) is 0 Å². The molecule has 0 bridgehead atoms. The summed E-state index contributed by atoms with van der Waals surface area (Å²) in [6.45, 7) is 3.60. The molecule has 0 saturated heterocycles. The van der Waals surface area contributed by atoms with Crippen molar-refractivity contribution in [3.05, 3.63) is 24.3 Å². The van der Waals surface area contributed by atoms with E-state index in [4.69, 9.17) is 4.55 Å². The highest BCUT2D eigenvalue weighted by Crippen LogP contribution is 2.12. The summed E-state index contributed by atoms with van der Waals surface area (Å²) in [5, 5.41) is 2.69. The van der Waals surface area contributed by atoms with Crippen molar-refractivity contribution < 1.29 is 13.6 Å². The molecular formula is C10H13NO3S. The molecule has 1 unspecified atom stereocenters. The highest BCUT2D eigenvalue weighted by atomic mass is 32.2. The van der Waals surface area contributed by atoms with Crippen LogP contribution in [0.25, 0.3) is 0 Å². The van der Waals surface area contributed by atoms with Crippen LogP contribution in [0.5, 0.6) is 0 Å². The van der Waals surface area contributed by atoms with Gasteiger partial charge in [-0.3, -0.25) is 4.79 Å². The molecule has 0 aliphatic rings. The average molecular weight is 227 g/mol. The second-order valence-electron chi connectivity index (χ2n) is 3.42. The van der Waals surface area contributed by atoms with Crippen LogP contribution in [0.2, 0.25) is 0 Å². The van der Waals surface area contributed by atoms with Gasteiger partial charge in [0.2, 0.25) is 5.91 Å². The molecule has 1 atom stereocenters. The quantitative estimate of drug-likeness (QED) is 0.774. The normalized spacial score (nSPS) is 12.5. The number of nitrogens with one attached hydrogen (secondary N) is 1. The fraction of sp³-hybridized carbons (Fsp3) is 0.300. The maximum absolute atomic E-state index is 11.3. The van der Waals surface area contributed by atoms with Crippen molar-refractivity contribution in [2.24, 2.45) is 5.92 Å². The molecule has 82 valence electrons. The average Bonchev–Trinajstić information content (AvgIpc) is 2.18. The molecule has 4 nitrogen and oxygen atoms in total. The van der Waals surface area contributed by atoms with E-state index in [1.54, 1.807) is 26.0 Å². The molecule has 15 heavy (non-hydrogen) atoms. The van der Waals surface area contributed by atoms with Gasteiger partial charge < -0.3 is 9.87 Å². The number of carbonyl (C=O) groups is 1. The second-order valence-corrected chi connectivity index (χ2v) is 4.39. The monoisotopic (exact) mass is 227 g/mol. The summed E-state index contributed by atoms with van der Waals surface area (Å²) in [4.78, 5) is 11.6. The van der Waals surface area contributed by atoms with E-state index in [0.717, 1.165) is 0 Å². The Bertz CT molecular complexity index is 373. The molecule has 0 aromatic heterocycles. The molecule has 0 spiro atoms. The van der Waals surface area contributed by atoms with Crippen LogP contribution in [-0.2, 0) is 15.9 Å². The third-order valence-electron chi connectivity index (χ3n) is 1.85. The maximum Gasteiger partial charge on any atom is 0.226 e. The highest BCUT2D eigenvalue weighted by molar-refractivity contribution is 7.79. The molecule has 1 aromatic rings. The van der Waals surface area contributed by atoms with Crippen LogP contribution in [0.15, 0.2) is 29.2 Å². The zero-order valence-corrected chi connectivity index (χ0v) is 9.38. The SMILES string of the molecule is CC(C)C(=O)Nc1ccc(S(=O)O)cc1. The Morgan fingerprint density at radius 3 is 2.27 bits per heavy atom. The first-order valence-electron chi connectivity index (χ1n) is 4.52. The third-order valence-corrected chi connectivity index (χ3v) is 2.52. The highest BCUT2D eigenvalue weighted by Gasteiger charge is 2.07. The van der Waals surface area contributed by atoms with Gasteiger partial charge in [-0.1, -0.05) is 13.8 Å². The number of hydrogen-bond acceptors (Lipinski definition) is 2. The van der Waals surface area contributed by atoms with Crippen LogP contribution in [0, 0.1) is 5.92 Å². The largest absolute Gasteiger partial charge is 0.326 e. The minimum Gasteiger partial charge on any atom is -0.326 e. The Labute approximate surface area is 91.0 Å². The van der Waals surface area contributed by atoms with E-state index in [1.807, 2.05) is 0 Å². The Morgan fingerprint density at radius 2 is 1.87 bits per heavy atom. The lowest BCUT2D eigenvalue weighted by atomic mass is 10.2. The van der Waals surface area contributed by atoms with Crippen molar-refractivity contribution in [1.82, 2.24) is 0 Å². The molecule has 0 aliphatic heterocycles. The van der Waals surface area contributed by atoms with Crippen molar-refractivity contribution in [3.63, 3.8) is 0 Å². The Hall–Kier alpha value is -1.20. The number of benzene rings is 1. The van der Waals surface area contributed by atoms with Gasteiger partial charge in [0.05, 0.1) is 4.90 Å². The van der Waals surface area contributed by atoms with Gasteiger partial charge in [-0.05, 0) is 24.3 Å². The standard InChI is InChI=1S/C10H13NO3S/c1-7(2)10(12)11-8-3-5-9(6-4-8)15(13)14/h3-7H,1-2H3,(H,11,12)(H,13,14). The van der Waals surface area contributed by atoms with Gasteiger partial charge in [0.15, 0.2) is 11.1 Å². The molecule has 0 heterocycles. The van der Waals surface area contributed by atoms with Crippen molar-refractivity contribution in [2.45, 2.75) is 18.7 Å². The van der Waals surface area contributed by atoms with Gasteiger partial charge >= 0.3 is 0 Å². The first-order chi connectivity index (χ1) is 7.00. The van der Waals surface area contributed by atoms with E-state index in [2.05, 4.69) is 5.32 Å². The van der Waals surface area contributed by atoms with Crippen LogP contribution < -0.4 is 5.32 Å². The van der Waals surface area contributed by atoms with Gasteiger partial charge in [0, 0.05) is 11.6 Å². The lowest BCUT2D eigenvalue weighted by molar-refractivity contribution is -0.118. The second kappa shape index (κ2) is 5.04. The zero-order valence-electron chi connectivity index (χ0n) is 8.56. The van der Waals surface area contributed by atoms with Gasteiger partial charge in [0.25, 0.3) is 0 Å². The maximum atomic E-state index is 11.3. The predicted molar refractivity (Wildman–Crippen MR) is 58.9 cm³/mol. The van der Waals surface area contributed by atoms with Crippen molar-refractivity contribution in [3.8, 4) is 0 Å². The summed E-state index contributed by atoms with van der Waals surface area (Å²) in [7, 11) is 0. The van der Waals surface area contributed by atoms with Gasteiger partial charge in [-0.2, -0.15) is 0 Å². The van der Waals surface area contributed by atoms with Crippen LogP contribution in [0.4, 0.5) is 5.69 Å². The predicted octanol–water partition coefficient (Wildman–Crippen LogP) is 1.86. The summed E-state index contributed by atoms with van der Waals surface area (Å²) >= 11 is -1.97. The van der Waals surface area contributed by atoms with E-state index < -0.39 is 11.1 Å². The Morgan fingerprint density at radius 1 is 1.33 bits per heavy atom. The third kappa shape index (κ3) is 3.45. The molecular weight excluding hydrogens is 214 g/mol. The van der Waals surface area contributed by atoms with E-state index in [0.29, 0.717) is 10.6 Å². The smallest absolute Gasteiger partial charge is 0.226 e. The summed E-state index contributed by atoms with van der Waals surface area (Å²) < 4.78 is 19.4. The first-order valence-corrected chi connectivity index (χ1v) is 5.63. The Kier molecular flexibility index (Phi) is 3.99. The minimum absolute atomic E-state index is 0.0760. The molecule has 0 radical (unpaired) electrons. The van der Waals surface area contributed by atoms with Crippen molar-refractivity contribution in [2.75, 3.05) is 5.32 Å². The molecule has 5 heteroatoms. The number of hydrogen-bond donors (Lipinski definition) is 2. The molecule has 1 rings (SSSR count). The number of rotatable bonds is 3. The molecule has 2 N–H and O–H groups in total. The van der Waals surface area contributed by atoms with Crippen LogP contribution >= 0.6 is 0 Å². The summed E-state index contributed by atoms with van der Waals surface area (Å²) in [5.74, 6) is -0.162. The van der Waals surface area contributed by atoms with Gasteiger partial charge in [-0.25, -0.2) is 4.21 Å². The number of anilines is 1. The summed E-state index contributed by atoms with van der Waals surface area (Å²) in [5.41, 5.74) is 0.628.